The topological polar surface area (TPSA) is 41.1 Å². The van der Waals surface area contributed by atoms with E-state index in [1.165, 1.54) is 0 Å². The minimum Gasteiger partial charge on any atom is -0.340 e. The van der Waals surface area contributed by atoms with Crippen molar-refractivity contribution in [1.29, 1.82) is 0 Å². The van der Waals surface area contributed by atoms with Crippen LogP contribution in [0.2, 0.25) is 0 Å². The summed E-state index contributed by atoms with van der Waals surface area (Å²) < 4.78 is 0. The fourth-order valence-electron chi connectivity index (χ4n) is 1.52. The van der Waals surface area contributed by atoms with Crippen LogP contribution in [0.5, 0.6) is 0 Å². The van der Waals surface area contributed by atoms with E-state index in [0.29, 0.717) is 0 Å². The van der Waals surface area contributed by atoms with Crippen LogP contribution in [0.1, 0.15) is 13.8 Å². The Labute approximate surface area is 76.0 Å². The summed E-state index contributed by atoms with van der Waals surface area (Å²) >= 11 is 1.68. The molecule has 0 bridgehead atoms. The first-order chi connectivity index (χ1) is 5.63. The molecular weight excluding hydrogens is 172 g/mol. The van der Waals surface area contributed by atoms with Gasteiger partial charge in [0.1, 0.15) is 0 Å². The van der Waals surface area contributed by atoms with Crippen molar-refractivity contribution in [2.24, 2.45) is 5.41 Å². The summed E-state index contributed by atoms with van der Waals surface area (Å²) in [4.78, 5) is 11.6. The summed E-state index contributed by atoms with van der Waals surface area (Å²) in [5, 5.41) is 8.40. The van der Waals surface area contributed by atoms with E-state index in [4.69, 9.17) is 0 Å². The normalized spacial score (nSPS) is 45.7. The number of rotatable bonds is 0. The van der Waals surface area contributed by atoms with E-state index in [1.54, 1.807) is 11.8 Å². The first-order valence-corrected chi connectivity index (χ1v) is 4.97. The van der Waals surface area contributed by atoms with Crippen molar-refractivity contribution in [1.82, 2.24) is 10.6 Å². The molecular formula is C8H12N2OS. The molecule has 2 aliphatic heterocycles. The molecule has 66 valence electrons. The molecule has 1 saturated heterocycles. The molecule has 2 heterocycles. The lowest BCUT2D eigenvalue weighted by atomic mass is 9.87. The highest BCUT2D eigenvalue weighted by molar-refractivity contribution is 8.03. The highest BCUT2D eigenvalue weighted by atomic mass is 32.2. The molecule has 0 aromatic heterocycles. The molecule has 0 aromatic carbocycles. The molecule has 2 N–H and O–H groups in total. The molecule has 3 unspecified atom stereocenters. The largest absolute Gasteiger partial charge is 0.340 e. The SMILES string of the molecule is CC1NC(=O)C2(C)C=CSC2N1. The van der Waals surface area contributed by atoms with Crippen LogP contribution in [0.4, 0.5) is 0 Å². The number of fused-ring (bicyclic) bond motifs is 1. The zero-order valence-electron chi connectivity index (χ0n) is 7.13. The van der Waals surface area contributed by atoms with Gasteiger partial charge in [-0.3, -0.25) is 10.1 Å². The third-order valence-electron chi connectivity index (χ3n) is 2.41. The number of nitrogens with one attached hydrogen (secondary N) is 2. The Kier molecular flexibility index (Phi) is 1.70. The number of thioether (sulfide) groups is 1. The van der Waals surface area contributed by atoms with Gasteiger partial charge in [-0.2, -0.15) is 0 Å². The molecule has 2 rings (SSSR count). The molecule has 3 atom stereocenters. The number of hydrogen-bond donors (Lipinski definition) is 2. The van der Waals surface area contributed by atoms with Crippen molar-refractivity contribution in [2.45, 2.75) is 25.4 Å². The maximum absolute atomic E-state index is 11.6. The molecule has 1 fully saturated rings. The van der Waals surface area contributed by atoms with Gasteiger partial charge in [0.15, 0.2) is 0 Å². The molecule has 12 heavy (non-hydrogen) atoms. The van der Waals surface area contributed by atoms with Crippen LogP contribution in [0.3, 0.4) is 0 Å². The molecule has 0 radical (unpaired) electrons. The summed E-state index contributed by atoms with van der Waals surface area (Å²) in [6.45, 7) is 3.92. The van der Waals surface area contributed by atoms with Crippen molar-refractivity contribution in [2.75, 3.05) is 0 Å². The summed E-state index contributed by atoms with van der Waals surface area (Å²) in [6, 6.07) is 0. The second-order valence-electron chi connectivity index (χ2n) is 3.46. The van der Waals surface area contributed by atoms with Crippen molar-refractivity contribution in [3.63, 3.8) is 0 Å². The van der Waals surface area contributed by atoms with Crippen LogP contribution in [-0.2, 0) is 4.79 Å². The Morgan fingerprint density at radius 1 is 1.67 bits per heavy atom. The van der Waals surface area contributed by atoms with E-state index < -0.39 is 0 Å². The quantitative estimate of drug-likeness (QED) is 0.580. The fourth-order valence-corrected chi connectivity index (χ4v) is 2.79. The van der Waals surface area contributed by atoms with Gasteiger partial charge in [-0.15, -0.1) is 11.8 Å². The van der Waals surface area contributed by atoms with Gasteiger partial charge >= 0.3 is 0 Å². The van der Waals surface area contributed by atoms with E-state index in [-0.39, 0.29) is 22.9 Å². The summed E-state index contributed by atoms with van der Waals surface area (Å²) in [5.41, 5.74) is -0.350. The lowest BCUT2D eigenvalue weighted by molar-refractivity contribution is -0.131. The zero-order chi connectivity index (χ0) is 8.77. The lowest BCUT2D eigenvalue weighted by Gasteiger charge is -2.38. The third kappa shape index (κ3) is 0.983. The van der Waals surface area contributed by atoms with Gasteiger partial charge in [-0.1, -0.05) is 6.08 Å². The van der Waals surface area contributed by atoms with E-state index in [0.717, 1.165) is 0 Å². The molecule has 0 aliphatic carbocycles. The Morgan fingerprint density at radius 3 is 3.17 bits per heavy atom. The first-order valence-electron chi connectivity index (χ1n) is 4.03. The molecule has 0 spiro atoms. The fraction of sp³-hybridized carbons (Fsp3) is 0.625. The third-order valence-corrected chi connectivity index (χ3v) is 3.60. The second kappa shape index (κ2) is 2.50. The Bertz CT molecular complexity index is 253. The second-order valence-corrected chi connectivity index (χ2v) is 4.48. The minimum atomic E-state index is -0.350. The molecule has 0 aromatic rings. The van der Waals surface area contributed by atoms with Gasteiger partial charge in [0.05, 0.1) is 17.0 Å². The predicted molar refractivity (Wildman–Crippen MR) is 49.4 cm³/mol. The van der Waals surface area contributed by atoms with Gasteiger partial charge < -0.3 is 5.32 Å². The molecule has 3 nitrogen and oxygen atoms in total. The van der Waals surface area contributed by atoms with E-state index in [2.05, 4.69) is 10.6 Å². The number of carbonyl (C=O) groups excluding carboxylic acids is 1. The average Bonchev–Trinajstić information content (AvgIpc) is 2.33. The monoisotopic (exact) mass is 184 g/mol. The number of hydrogen-bond acceptors (Lipinski definition) is 3. The summed E-state index contributed by atoms with van der Waals surface area (Å²) in [6.07, 6.45) is 2.05. The number of carbonyl (C=O) groups is 1. The van der Waals surface area contributed by atoms with Crippen molar-refractivity contribution >= 4 is 17.7 Å². The molecule has 0 saturated carbocycles. The van der Waals surface area contributed by atoms with Crippen LogP contribution < -0.4 is 10.6 Å². The lowest BCUT2D eigenvalue weighted by Crippen LogP contribution is -2.62. The van der Waals surface area contributed by atoms with Crippen molar-refractivity contribution in [3.8, 4) is 0 Å². The van der Waals surface area contributed by atoms with Crippen LogP contribution in [0.25, 0.3) is 0 Å². The maximum atomic E-state index is 11.6. The highest BCUT2D eigenvalue weighted by Crippen LogP contribution is 2.40. The van der Waals surface area contributed by atoms with Crippen molar-refractivity contribution < 1.29 is 4.79 Å². The van der Waals surface area contributed by atoms with E-state index in [1.807, 2.05) is 25.3 Å². The van der Waals surface area contributed by atoms with Crippen LogP contribution in [-0.4, -0.2) is 17.4 Å². The van der Waals surface area contributed by atoms with Crippen LogP contribution in [0.15, 0.2) is 11.5 Å². The average molecular weight is 184 g/mol. The predicted octanol–water partition coefficient (Wildman–Crippen LogP) is 0.645. The highest BCUT2D eigenvalue weighted by Gasteiger charge is 2.46. The smallest absolute Gasteiger partial charge is 0.233 e. The van der Waals surface area contributed by atoms with Crippen molar-refractivity contribution in [3.05, 3.63) is 11.5 Å². The van der Waals surface area contributed by atoms with Gasteiger partial charge in [0.25, 0.3) is 0 Å². The van der Waals surface area contributed by atoms with Crippen LogP contribution >= 0.6 is 11.8 Å². The molecule has 1 amide bonds. The van der Waals surface area contributed by atoms with E-state index >= 15 is 0 Å². The Morgan fingerprint density at radius 2 is 2.42 bits per heavy atom. The standard InChI is InChI=1S/C8H12N2OS/c1-5-9-6(11)8(2)3-4-12-7(8)10-5/h3-5,7,10H,1-2H3,(H,9,11). The van der Waals surface area contributed by atoms with Crippen LogP contribution in [0, 0.1) is 5.41 Å². The zero-order valence-corrected chi connectivity index (χ0v) is 7.94. The van der Waals surface area contributed by atoms with Gasteiger partial charge in [0.2, 0.25) is 5.91 Å². The Hall–Kier alpha value is -0.480. The number of amides is 1. The minimum absolute atomic E-state index is 0.0861. The summed E-state index contributed by atoms with van der Waals surface area (Å²) in [5.74, 6) is 0.125. The molecule has 4 heteroatoms. The van der Waals surface area contributed by atoms with Gasteiger partial charge in [-0.25, -0.2) is 0 Å². The van der Waals surface area contributed by atoms with Gasteiger partial charge in [0, 0.05) is 0 Å². The van der Waals surface area contributed by atoms with E-state index in [9.17, 15) is 4.79 Å². The summed E-state index contributed by atoms with van der Waals surface area (Å²) in [7, 11) is 0. The molecule has 2 aliphatic rings. The maximum Gasteiger partial charge on any atom is 0.233 e. The Balaban J connectivity index is 2.27. The first kappa shape index (κ1) is 8.13. The van der Waals surface area contributed by atoms with Gasteiger partial charge in [-0.05, 0) is 19.3 Å².